The Kier molecular flexibility index (Phi) is 7.23. The van der Waals surface area contributed by atoms with Crippen LogP contribution in [0.4, 0.5) is 0 Å². The van der Waals surface area contributed by atoms with Crippen molar-refractivity contribution in [2.45, 2.75) is 45.6 Å². The number of aliphatic carboxylic acids is 1. The summed E-state index contributed by atoms with van der Waals surface area (Å²) in [6.45, 7) is 7.99. The normalized spacial score (nSPS) is 15.0. The summed E-state index contributed by atoms with van der Waals surface area (Å²) in [4.78, 5) is 23.8. The zero-order chi connectivity index (χ0) is 17.5. The van der Waals surface area contributed by atoms with E-state index in [1.807, 2.05) is 6.07 Å². The second-order valence-electron chi connectivity index (χ2n) is 6.42. The lowest BCUT2D eigenvalue weighted by molar-refractivity contribution is -0.143. The molecule has 1 rings (SSSR count). The highest BCUT2D eigenvalue weighted by Gasteiger charge is 2.35. The topological polar surface area (TPSA) is 75.6 Å². The molecule has 23 heavy (non-hydrogen) atoms. The third-order valence-corrected chi connectivity index (χ3v) is 3.93. The molecule has 0 aliphatic heterocycles. The first kappa shape index (κ1) is 19.2. The maximum absolute atomic E-state index is 12.1. The van der Waals surface area contributed by atoms with E-state index in [2.05, 4.69) is 19.2 Å². The van der Waals surface area contributed by atoms with Crippen molar-refractivity contribution in [2.24, 2.45) is 5.92 Å². The van der Waals surface area contributed by atoms with Crippen LogP contribution in [0.15, 0.2) is 30.3 Å². The number of carboxylic acids is 1. The Morgan fingerprint density at radius 2 is 1.83 bits per heavy atom. The summed E-state index contributed by atoms with van der Waals surface area (Å²) in [6.07, 6.45) is 0.289. The van der Waals surface area contributed by atoms with Crippen molar-refractivity contribution in [3.63, 3.8) is 0 Å². The molecule has 1 aromatic carbocycles. The number of carbonyl (C=O) groups excluding carboxylic acids is 1. The number of carboxylic acid groups (broad SMARTS) is 1. The monoisotopic (exact) mass is 321 g/mol. The maximum Gasteiger partial charge on any atom is 0.315 e. The van der Waals surface area contributed by atoms with Crippen molar-refractivity contribution in [1.82, 2.24) is 5.32 Å². The molecule has 0 saturated heterocycles. The minimum absolute atomic E-state index is 0.0169. The zero-order valence-corrected chi connectivity index (χ0v) is 14.3. The summed E-state index contributed by atoms with van der Waals surface area (Å²) in [5.74, 6) is -0.756. The molecule has 0 bridgehead atoms. The fraction of sp³-hybridized carbons (Fsp3) is 0.556. The van der Waals surface area contributed by atoms with Gasteiger partial charge in [0.15, 0.2) is 0 Å². The van der Waals surface area contributed by atoms with E-state index in [1.54, 1.807) is 38.1 Å². The van der Waals surface area contributed by atoms with E-state index in [0.717, 1.165) is 6.42 Å². The van der Waals surface area contributed by atoms with Gasteiger partial charge in [-0.3, -0.25) is 9.59 Å². The largest absolute Gasteiger partial charge is 0.481 e. The first-order valence-corrected chi connectivity index (χ1v) is 7.95. The van der Waals surface area contributed by atoms with Crippen LogP contribution in [0, 0.1) is 5.92 Å². The molecular weight excluding hydrogens is 294 g/mol. The molecule has 1 amide bonds. The van der Waals surface area contributed by atoms with Gasteiger partial charge in [0.2, 0.25) is 5.91 Å². The molecule has 128 valence electrons. The Morgan fingerprint density at radius 1 is 1.22 bits per heavy atom. The van der Waals surface area contributed by atoms with Gasteiger partial charge in [0, 0.05) is 13.2 Å². The van der Waals surface area contributed by atoms with Crippen molar-refractivity contribution in [3.05, 3.63) is 35.9 Å². The number of ether oxygens (including phenoxy) is 1. The zero-order valence-electron chi connectivity index (χ0n) is 14.3. The van der Waals surface area contributed by atoms with Gasteiger partial charge < -0.3 is 15.2 Å². The lowest BCUT2D eigenvalue weighted by Gasteiger charge is -2.26. The van der Waals surface area contributed by atoms with Crippen LogP contribution >= 0.6 is 0 Å². The van der Waals surface area contributed by atoms with Gasteiger partial charge in [-0.1, -0.05) is 44.2 Å². The molecule has 1 aromatic rings. The average molecular weight is 321 g/mol. The average Bonchev–Trinajstić information content (AvgIpc) is 2.52. The number of nitrogens with one attached hydrogen (secondary N) is 1. The number of hydrogen-bond acceptors (Lipinski definition) is 3. The molecule has 0 saturated carbocycles. The van der Waals surface area contributed by atoms with Gasteiger partial charge >= 0.3 is 5.97 Å². The summed E-state index contributed by atoms with van der Waals surface area (Å²) in [6, 6.07) is 8.91. The molecule has 5 heteroatoms. The van der Waals surface area contributed by atoms with Crippen molar-refractivity contribution < 1.29 is 19.4 Å². The number of hydrogen-bond donors (Lipinski definition) is 2. The number of carbonyl (C=O) groups is 2. The summed E-state index contributed by atoms with van der Waals surface area (Å²) < 4.78 is 5.49. The lowest BCUT2D eigenvalue weighted by Crippen LogP contribution is -2.47. The number of amides is 1. The van der Waals surface area contributed by atoms with Crippen LogP contribution in [-0.2, 0) is 19.7 Å². The van der Waals surface area contributed by atoms with Crippen LogP contribution in [0.5, 0.6) is 0 Å². The van der Waals surface area contributed by atoms with Gasteiger partial charge in [-0.2, -0.15) is 0 Å². The van der Waals surface area contributed by atoms with Crippen molar-refractivity contribution in [1.29, 1.82) is 0 Å². The van der Waals surface area contributed by atoms with Gasteiger partial charge in [0.1, 0.15) is 11.5 Å². The second kappa shape index (κ2) is 8.67. The van der Waals surface area contributed by atoms with Crippen LogP contribution < -0.4 is 5.32 Å². The van der Waals surface area contributed by atoms with E-state index in [1.165, 1.54) is 0 Å². The predicted molar refractivity (Wildman–Crippen MR) is 89.3 cm³/mol. The Labute approximate surface area is 138 Å². The van der Waals surface area contributed by atoms with Crippen LogP contribution in [0.2, 0.25) is 0 Å². The maximum atomic E-state index is 12.1. The van der Waals surface area contributed by atoms with Gasteiger partial charge in [0.25, 0.3) is 0 Å². The van der Waals surface area contributed by atoms with E-state index in [4.69, 9.17) is 4.74 Å². The lowest BCUT2D eigenvalue weighted by atomic mass is 9.82. The van der Waals surface area contributed by atoms with Crippen LogP contribution in [0.3, 0.4) is 0 Å². The molecule has 0 aliphatic rings. The van der Waals surface area contributed by atoms with Crippen molar-refractivity contribution in [2.75, 3.05) is 13.2 Å². The van der Waals surface area contributed by atoms with Crippen LogP contribution in [0.25, 0.3) is 0 Å². The molecule has 2 N–H and O–H groups in total. The molecule has 2 atom stereocenters. The molecular formula is C18H27NO4. The van der Waals surface area contributed by atoms with E-state index in [9.17, 15) is 14.7 Å². The van der Waals surface area contributed by atoms with Crippen molar-refractivity contribution in [3.8, 4) is 0 Å². The highest BCUT2D eigenvalue weighted by atomic mass is 16.5. The summed E-state index contributed by atoms with van der Waals surface area (Å²) in [7, 11) is 0. The predicted octanol–water partition coefficient (Wildman–Crippen LogP) is 2.60. The summed E-state index contributed by atoms with van der Waals surface area (Å²) >= 11 is 0. The minimum atomic E-state index is -1.17. The van der Waals surface area contributed by atoms with Crippen LogP contribution in [-0.4, -0.2) is 36.2 Å². The third-order valence-electron chi connectivity index (χ3n) is 3.93. The second-order valence-corrected chi connectivity index (χ2v) is 6.42. The van der Waals surface area contributed by atoms with E-state index < -0.39 is 17.5 Å². The molecule has 0 fully saturated rings. The molecule has 0 heterocycles. The van der Waals surface area contributed by atoms with Gasteiger partial charge in [-0.25, -0.2) is 0 Å². The quantitative estimate of drug-likeness (QED) is 0.733. The molecule has 0 radical (unpaired) electrons. The Hall–Kier alpha value is -1.88. The third kappa shape index (κ3) is 5.67. The summed E-state index contributed by atoms with van der Waals surface area (Å²) in [5.41, 5.74) is -0.518. The van der Waals surface area contributed by atoms with Gasteiger partial charge in [-0.05, 0) is 31.7 Å². The first-order valence-electron chi connectivity index (χ1n) is 7.95. The first-order chi connectivity index (χ1) is 10.8. The fourth-order valence-electron chi connectivity index (χ4n) is 2.07. The Balaban J connectivity index is 2.62. The molecule has 0 spiro atoms. The standard InChI is InChI=1S/C18H27NO4/c1-13(2)10-11-23-14(3)16(20)19-12-18(4,17(21)22)15-8-6-5-7-9-15/h5-9,13-14H,10-12H2,1-4H3,(H,19,20)(H,21,22). The van der Waals surface area contributed by atoms with E-state index in [0.29, 0.717) is 18.1 Å². The highest BCUT2D eigenvalue weighted by Crippen LogP contribution is 2.23. The van der Waals surface area contributed by atoms with E-state index in [-0.39, 0.29) is 12.5 Å². The van der Waals surface area contributed by atoms with Gasteiger partial charge in [0.05, 0.1) is 0 Å². The smallest absolute Gasteiger partial charge is 0.315 e. The molecule has 2 unspecified atom stereocenters. The van der Waals surface area contributed by atoms with Gasteiger partial charge in [-0.15, -0.1) is 0 Å². The number of benzene rings is 1. The molecule has 0 aliphatic carbocycles. The summed E-state index contributed by atoms with van der Waals surface area (Å²) in [5, 5.41) is 12.3. The highest BCUT2D eigenvalue weighted by molar-refractivity contribution is 5.84. The SMILES string of the molecule is CC(C)CCOC(C)C(=O)NCC(C)(C(=O)O)c1ccccc1. The Morgan fingerprint density at radius 3 is 2.35 bits per heavy atom. The molecule has 5 nitrogen and oxygen atoms in total. The van der Waals surface area contributed by atoms with Crippen LogP contribution in [0.1, 0.15) is 39.7 Å². The number of rotatable bonds is 9. The van der Waals surface area contributed by atoms with E-state index >= 15 is 0 Å². The Bertz CT molecular complexity index is 515. The fourth-order valence-corrected chi connectivity index (χ4v) is 2.07. The molecule has 0 aromatic heterocycles. The minimum Gasteiger partial charge on any atom is -0.481 e. The van der Waals surface area contributed by atoms with Crippen molar-refractivity contribution >= 4 is 11.9 Å².